The van der Waals surface area contributed by atoms with E-state index in [1.807, 2.05) is 97.1 Å². The largest absolute Gasteiger partial charge is 0.309 e. The molecule has 5 nitrogen and oxygen atoms in total. The topological polar surface area (TPSA) is 60.7 Å². The fourth-order valence-electron chi connectivity index (χ4n) is 9.72. The first-order chi connectivity index (χ1) is 28.7. The van der Waals surface area contributed by atoms with Crippen LogP contribution in [0.25, 0.3) is 61.7 Å². The van der Waals surface area contributed by atoms with E-state index in [2.05, 4.69) is 108 Å². The van der Waals surface area contributed by atoms with E-state index in [1.54, 1.807) is 0 Å². The van der Waals surface area contributed by atoms with E-state index in [-0.39, 0.29) is 0 Å². The predicted octanol–water partition coefficient (Wildman–Crippen LogP) is 10.6. The molecule has 272 valence electrons. The standard InChI is InChI=1S/C52H33N4OP/c57-58(37-21-8-3-9-22-37)46-30-15-12-26-41(46)52(40-25-11-14-29-45(40)56-44-28-13-10-23-38(44)39-24-16-27-43(52)48(39)56)42-32-31-36(33-47(42)58)51-54-49(34-17-4-1-5-18-34)53-50(55-51)35-19-6-2-7-20-35/h1-33H. The van der Waals surface area contributed by atoms with E-state index in [0.29, 0.717) is 17.5 Å². The summed E-state index contributed by atoms with van der Waals surface area (Å²) in [5, 5.41) is 4.82. The summed E-state index contributed by atoms with van der Waals surface area (Å²) in [6.07, 6.45) is 0. The Kier molecular flexibility index (Phi) is 7.05. The van der Waals surface area contributed by atoms with Gasteiger partial charge in [0.15, 0.2) is 24.6 Å². The van der Waals surface area contributed by atoms with Gasteiger partial charge in [0.25, 0.3) is 0 Å². The molecule has 0 radical (unpaired) electrons. The molecule has 0 saturated heterocycles. The molecule has 2 aliphatic rings. The van der Waals surface area contributed by atoms with Gasteiger partial charge in [-0.3, -0.25) is 0 Å². The quantitative estimate of drug-likeness (QED) is 0.168. The van der Waals surface area contributed by atoms with Crippen LogP contribution in [0.5, 0.6) is 0 Å². The summed E-state index contributed by atoms with van der Waals surface area (Å²) in [7, 11) is -3.50. The van der Waals surface area contributed by atoms with Crippen LogP contribution in [0.1, 0.15) is 22.3 Å². The molecule has 4 heterocycles. The average molecular weight is 761 g/mol. The first kappa shape index (κ1) is 33.0. The molecule has 8 aromatic carbocycles. The number of nitrogens with zero attached hydrogens (tertiary/aromatic N) is 4. The SMILES string of the molecule is O=P1(c2ccccc2)c2ccccc2C2(c3ccccc3-n3c4ccccc4c4cccc2c43)c2ccc(-c3nc(-c4ccccc4)nc(-c4ccccc4)n3)cc21. The number of para-hydroxylation sites is 3. The number of aromatic nitrogens is 4. The maximum absolute atomic E-state index is 16.7. The second-order valence-corrected chi connectivity index (χ2v) is 17.8. The monoisotopic (exact) mass is 760 g/mol. The minimum atomic E-state index is -3.50. The Morgan fingerprint density at radius 1 is 0.414 bits per heavy atom. The first-order valence-corrected chi connectivity index (χ1v) is 21.3. The van der Waals surface area contributed by atoms with Crippen LogP contribution in [0.2, 0.25) is 0 Å². The molecule has 10 aromatic rings. The van der Waals surface area contributed by atoms with Gasteiger partial charge in [-0.25, -0.2) is 15.0 Å². The van der Waals surface area contributed by atoms with Crippen LogP contribution in [-0.4, -0.2) is 19.5 Å². The molecule has 6 heteroatoms. The third kappa shape index (κ3) is 4.42. The summed E-state index contributed by atoms with van der Waals surface area (Å²) in [6, 6.07) is 69.1. The van der Waals surface area contributed by atoms with E-state index >= 15 is 4.57 Å². The highest BCUT2D eigenvalue weighted by atomic mass is 31.2. The van der Waals surface area contributed by atoms with Gasteiger partial charge in [-0.1, -0.05) is 182 Å². The molecule has 2 atom stereocenters. The highest BCUT2D eigenvalue weighted by molar-refractivity contribution is 7.85. The normalized spacial score (nSPS) is 17.5. The van der Waals surface area contributed by atoms with E-state index < -0.39 is 12.6 Å². The van der Waals surface area contributed by atoms with Gasteiger partial charge in [0.1, 0.15) is 0 Å². The van der Waals surface area contributed by atoms with Crippen LogP contribution in [0.3, 0.4) is 0 Å². The van der Waals surface area contributed by atoms with Crippen molar-refractivity contribution < 1.29 is 4.57 Å². The lowest BCUT2D eigenvalue weighted by Gasteiger charge is -2.47. The van der Waals surface area contributed by atoms with Gasteiger partial charge in [-0.05, 0) is 40.5 Å². The van der Waals surface area contributed by atoms with Crippen molar-refractivity contribution in [1.29, 1.82) is 0 Å². The van der Waals surface area contributed by atoms with Gasteiger partial charge >= 0.3 is 0 Å². The predicted molar refractivity (Wildman–Crippen MR) is 235 cm³/mol. The van der Waals surface area contributed by atoms with Crippen molar-refractivity contribution in [3.05, 3.63) is 222 Å². The maximum atomic E-state index is 16.7. The van der Waals surface area contributed by atoms with Crippen LogP contribution < -0.4 is 15.9 Å². The minimum Gasteiger partial charge on any atom is -0.309 e. The zero-order chi connectivity index (χ0) is 38.4. The lowest BCUT2D eigenvalue weighted by Crippen LogP contribution is -2.48. The summed E-state index contributed by atoms with van der Waals surface area (Å²) < 4.78 is 19.2. The lowest BCUT2D eigenvalue weighted by atomic mass is 9.62. The Morgan fingerprint density at radius 3 is 1.67 bits per heavy atom. The first-order valence-electron chi connectivity index (χ1n) is 19.6. The van der Waals surface area contributed by atoms with Gasteiger partial charge < -0.3 is 9.13 Å². The molecule has 0 saturated carbocycles. The van der Waals surface area contributed by atoms with Crippen LogP contribution in [0, 0.1) is 0 Å². The third-order valence-electron chi connectivity index (χ3n) is 12.1. The summed E-state index contributed by atoms with van der Waals surface area (Å²) >= 11 is 0. The molecule has 58 heavy (non-hydrogen) atoms. The fourth-order valence-corrected chi connectivity index (χ4v) is 12.9. The second kappa shape index (κ2) is 12.4. The zero-order valence-corrected chi connectivity index (χ0v) is 32.1. The number of hydrogen-bond donors (Lipinski definition) is 0. The Bertz CT molecular complexity index is 3270. The summed E-state index contributed by atoms with van der Waals surface area (Å²) in [6.45, 7) is 0. The third-order valence-corrected chi connectivity index (χ3v) is 15.3. The number of fused-ring (bicyclic) bond motifs is 11. The molecule has 0 aliphatic carbocycles. The Labute approximate surface area is 335 Å². The molecule has 1 spiro atoms. The smallest absolute Gasteiger partial charge is 0.171 e. The lowest BCUT2D eigenvalue weighted by molar-refractivity contribution is 0.590. The number of rotatable bonds is 4. The molecule has 0 N–H and O–H groups in total. The number of benzene rings is 8. The molecule has 2 unspecified atom stereocenters. The van der Waals surface area contributed by atoms with E-state index in [0.717, 1.165) is 55.0 Å². The summed E-state index contributed by atoms with van der Waals surface area (Å²) in [4.78, 5) is 15.2. The second-order valence-electron chi connectivity index (χ2n) is 15.1. The maximum Gasteiger partial charge on any atom is 0.171 e. The average Bonchev–Trinajstić information content (AvgIpc) is 3.65. The Morgan fingerprint density at radius 2 is 0.948 bits per heavy atom. The fraction of sp³-hybridized carbons (Fsp3) is 0.0192. The number of hydrogen-bond acceptors (Lipinski definition) is 4. The van der Waals surface area contributed by atoms with E-state index in [1.165, 1.54) is 27.4 Å². The Hall–Kier alpha value is -7.20. The minimum absolute atomic E-state index is 0.522. The van der Waals surface area contributed by atoms with Gasteiger partial charge in [-0.2, -0.15) is 0 Å². The van der Waals surface area contributed by atoms with Crippen molar-refractivity contribution in [2.45, 2.75) is 5.41 Å². The van der Waals surface area contributed by atoms with Crippen LogP contribution in [0.15, 0.2) is 200 Å². The van der Waals surface area contributed by atoms with Gasteiger partial charge in [0, 0.05) is 43.4 Å². The van der Waals surface area contributed by atoms with Crippen LogP contribution in [0.4, 0.5) is 0 Å². The molecular formula is C52H33N4OP. The molecule has 0 fully saturated rings. The molecule has 0 bridgehead atoms. The zero-order valence-electron chi connectivity index (χ0n) is 31.2. The van der Waals surface area contributed by atoms with Crippen LogP contribution >= 0.6 is 7.14 Å². The van der Waals surface area contributed by atoms with E-state index in [9.17, 15) is 0 Å². The van der Waals surface area contributed by atoms with Crippen molar-refractivity contribution in [1.82, 2.24) is 19.5 Å². The van der Waals surface area contributed by atoms with Crippen molar-refractivity contribution in [3.8, 4) is 39.9 Å². The van der Waals surface area contributed by atoms with Gasteiger partial charge in [0.05, 0.1) is 22.1 Å². The molecular weight excluding hydrogens is 728 g/mol. The Balaban J connectivity index is 1.22. The van der Waals surface area contributed by atoms with Gasteiger partial charge in [-0.15, -0.1) is 0 Å². The molecule has 0 amide bonds. The van der Waals surface area contributed by atoms with Crippen molar-refractivity contribution >= 4 is 44.9 Å². The molecule has 2 aromatic heterocycles. The van der Waals surface area contributed by atoms with Crippen molar-refractivity contribution in [2.24, 2.45) is 0 Å². The summed E-state index contributed by atoms with van der Waals surface area (Å²) in [5.41, 5.74) is 9.57. The highest BCUT2D eigenvalue weighted by Crippen LogP contribution is 2.61. The highest BCUT2D eigenvalue weighted by Gasteiger charge is 2.54. The molecule has 2 aliphatic heterocycles. The van der Waals surface area contributed by atoms with Crippen LogP contribution in [-0.2, 0) is 9.98 Å². The van der Waals surface area contributed by atoms with Crippen molar-refractivity contribution in [2.75, 3.05) is 0 Å². The molecule has 12 rings (SSSR count). The van der Waals surface area contributed by atoms with Crippen molar-refractivity contribution in [3.63, 3.8) is 0 Å². The van der Waals surface area contributed by atoms with E-state index in [4.69, 9.17) is 15.0 Å². The van der Waals surface area contributed by atoms with Gasteiger partial charge in [0.2, 0.25) is 0 Å². The summed E-state index contributed by atoms with van der Waals surface area (Å²) in [5.74, 6) is 1.68.